The maximum Gasteiger partial charge on any atom is 0.410 e. The van der Waals surface area contributed by atoms with Gasteiger partial charge in [-0.15, -0.1) is 0 Å². The van der Waals surface area contributed by atoms with Crippen LogP contribution in [0.25, 0.3) is 0 Å². The van der Waals surface area contributed by atoms with Gasteiger partial charge >= 0.3 is 6.09 Å². The number of hydrogen-bond donors (Lipinski definition) is 1. The van der Waals surface area contributed by atoms with Crippen LogP contribution in [0.5, 0.6) is 0 Å². The van der Waals surface area contributed by atoms with Crippen LogP contribution in [0, 0.1) is 5.92 Å². The van der Waals surface area contributed by atoms with E-state index >= 15 is 0 Å². The van der Waals surface area contributed by atoms with Gasteiger partial charge in [-0.3, -0.25) is 4.79 Å². The SMILES string of the molecule is CN(C(=O)OC(C)(C)C)C1CCC(C(N)=O)CC1. The molecule has 1 aliphatic rings. The highest BCUT2D eigenvalue weighted by Crippen LogP contribution is 2.27. The average molecular weight is 256 g/mol. The molecule has 0 heterocycles. The zero-order valence-electron chi connectivity index (χ0n) is 11.7. The summed E-state index contributed by atoms with van der Waals surface area (Å²) in [5.41, 5.74) is 4.81. The topological polar surface area (TPSA) is 72.6 Å². The van der Waals surface area contributed by atoms with Crippen molar-refractivity contribution in [2.45, 2.75) is 58.1 Å². The Balaban J connectivity index is 2.47. The van der Waals surface area contributed by atoms with Crippen molar-refractivity contribution >= 4 is 12.0 Å². The molecule has 104 valence electrons. The van der Waals surface area contributed by atoms with Gasteiger partial charge in [0.1, 0.15) is 5.60 Å². The number of ether oxygens (including phenoxy) is 1. The van der Waals surface area contributed by atoms with Crippen molar-refractivity contribution < 1.29 is 14.3 Å². The smallest absolute Gasteiger partial charge is 0.410 e. The zero-order chi connectivity index (χ0) is 13.9. The van der Waals surface area contributed by atoms with Crippen LogP contribution in [0.15, 0.2) is 0 Å². The van der Waals surface area contributed by atoms with E-state index in [2.05, 4.69) is 0 Å². The van der Waals surface area contributed by atoms with Crippen LogP contribution in [-0.2, 0) is 9.53 Å². The molecule has 0 spiro atoms. The molecular weight excluding hydrogens is 232 g/mol. The molecule has 0 unspecified atom stereocenters. The van der Waals surface area contributed by atoms with E-state index in [0.29, 0.717) is 0 Å². The molecule has 0 bridgehead atoms. The Kier molecular flexibility index (Phi) is 4.59. The van der Waals surface area contributed by atoms with Crippen LogP contribution in [0.1, 0.15) is 46.5 Å². The first-order valence-corrected chi connectivity index (χ1v) is 6.46. The molecule has 0 radical (unpaired) electrons. The molecule has 0 atom stereocenters. The monoisotopic (exact) mass is 256 g/mol. The van der Waals surface area contributed by atoms with Crippen LogP contribution in [0.2, 0.25) is 0 Å². The maximum absolute atomic E-state index is 11.9. The molecule has 0 aromatic carbocycles. The fourth-order valence-electron chi connectivity index (χ4n) is 2.23. The average Bonchev–Trinajstić information content (AvgIpc) is 2.26. The number of carbonyl (C=O) groups is 2. The summed E-state index contributed by atoms with van der Waals surface area (Å²) in [6.07, 6.45) is 2.83. The normalized spacial score (nSPS) is 24.4. The second-order valence-electron chi connectivity index (χ2n) is 6.00. The van der Waals surface area contributed by atoms with E-state index in [4.69, 9.17) is 10.5 Å². The summed E-state index contributed by atoms with van der Waals surface area (Å²) in [5.74, 6) is -0.262. The number of carbonyl (C=O) groups excluding carboxylic acids is 2. The van der Waals surface area contributed by atoms with Gasteiger partial charge in [0.15, 0.2) is 0 Å². The lowest BCUT2D eigenvalue weighted by atomic mass is 9.85. The van der Waals surface area contributed by atoms with Crippen LogP contribution in [0.4, 0.5) is 4.79 Å². The summed E-state index contributed by atoms with van der Waals surface area (Å²) in [6, 6.07) is 0.149. The number of nitrogens with zero attached hydrogens (tertiary/aromatic N) is 1. The van der Waals surface area contributed by atoms with Gasteiger partial charge in [0.05, 0.1) is 0 Å². The summed E-state index contributed by atoms with van der Waals surface area (Å²) in [6.45, 7) is 5.55. The molecule has 2 N–H and O–H groups in total. The molecule has 18 heavy (non-hydrogen) atoms. The van der Waals surface area contributed by atoms with Gasteiger partial charge in [0.25, 0.3) is 0 Å². The summed E-state index contributed by atoms with van der Waals surface area (Å²) >= 11 is 0. The van der Waals surface area contributed by atoms with Gasteiger partial charge in [-0.25, -0.2) is 4.79 Å². The molecule has 0 aromatic rings. The van der Waals surface area contributed by atoms with Crippen molar-refractivity contribution in [2.24, 2.45) is 11.7 Å². The van der Waals surface area contributed by atoms with Gasteiger partial charge in [-0.05, 0) is 46.5 Å². The molecule has 1 fully saturated rings. The first-order chi connectivity index (χ1) is 8.20. The second-order valence-corrected chi connectivity index (χ2v) is 6.00. The van der Waals surface area contributed by atoms with Gasteiger partial charge in [-0.1, -0.05) is 0 Å². The maximum atomic E-state index is 11.9. The van der Waals surface area contributed by atoms with E-state index < -0.39 is 5.60 Å². The van der Waals surface area contributed by atoms with Crippen molar-refractivity contribution in [1.29, 1.82) is 0 Å². The first kappa shape index (κ1) is 14.8. The molecular formula is C13H24N2O3. The van der Waals surface area contributed by atoms with Crippen LogP contribution >= 0.6 is 0 Å². The number of primary amides is 1. The molecule has 0 aromatic heterocycles. The molecule has 1 aliphatic carbocycles. The van der Waals surface area contributed by atoms with Gasteiger partial charge < -0.3 is 15.4 Å². The highest BCUT2D eigenvalue weighted by Gasteiger charge is 2.30. The highest BCUT2D eigenvalue weighted by molar-refractivity contribution is 5.76. The zero-order valence-corrected chi connectivity index (χ0v) is 11.7. The fourth-order valence-corrected chi connectivity index (χ4v) is 2.23. The van der Waals surface area contributed by atoms with E-state index in [9.17, 15) is 9.59 Å². The molecule has 2 amide bonds. The summed E-state index contributed by atoms with van der Waals surface area (Å²) in [7, 11) is 1.75. The molecule has 0 aliphatic heterocycles. The Morgan fingerprint density at radius 1 is 1.17 bits per heavy atom. The lowest BCUT2D eigenvalue weighted by Gasteiger charge is -2.34. The standard InChI is InChI=1S/C13H24N2O3/c1-13(2,3)18-12(17)15(4)10-7-5-9(6-8-10)11(14)16/h9-10H,5-8H2,1-4H3,(H2,14,16). The van der Waals surface area contributed by atoms with E-state index in [1.807, 2.05) is 20.8 Å². The van der Waals surface area contributed by atoms with Crippen molar-refractivity contribution in [3.05, 3.63) is 0 Å². The fraction of sp³-hybridized carbons (Fsp3) is 0.846. The van der Waals surface area contributed by atoms with Crippen molar-refractivity contribution in [3.63, 3.8) is 0 Å². The Morgan fingerprint density at radius 2 is 1.67 bits per heavy atom. The van der Waals surface area contributed by atoms with E-state index in [1.165, 1.54) is 0 Å². The quantitative estimate of drug-likeness (QED) is 0.820. The Labute approximate surface area is 109 Å². The molecule has 0 saturated heterocycles. The largest absolute Gasteiger partial charge is 0.444 e. The third kappa shape index (κ3) is 4.20. The predicted molar refractivity (Wildman–Crippen MR) is 68.9 cm³/mol. The third-order valence-electron chi connectivity index (χ3n) is 3.33. The lowest BCUT2D eigenvalue weighted by molar-refractivity contribution is -0.123. The van der Waals surface area contributed by atoms with Gasteiger partial charge in [0, 0.05) is 19.0 Å². The van der Waals surface area contributed by atoms with Crippen LogP contribution in [0.3, 0.4) is 0 Å². The van der Waals surface area contributed by atoms with Crippen molar-refractivity contribution in [1.82, 2.24) is 4.90 Å². The lowest BCUT2D eigenvalue weighted by Crippen LogP contribution is -2.43. The highest BCUT2D eigenvalue weighted by atomic mass is 16.6. The van der Waals surface area contributed by atoms with Gasteiger partial charge in [0.2, 0.25) is 5.91 Å². The second kappa shape index (κ2) is 5.59. The minimum Gasteiger partial charge on any atom is -0.444 e. The molecule has 5 heteroatoms. The minimum absolute atomic E-state index is 0.0340. The third-order valence-corrected chi connectivity index (χ3v) is 3.33. The Hall–Kier alpha value is -1.26. The summed E-state index contributed by atoms with van der Waals surface area (Å²) in [4.78, 5) is 24.6. The number of nitrogens with two attached hydrogens (primary N) is 1. The van der Waals surface area contributed by atoms with E-state index in [-0.39, 0.29) is 24.0 Å². The van der Waals surface area contributed by atoms with Crippen molar-refractivity contribution in [2.75, 3.05) is 7.05 Å². The van der Waals surface area contributed by atoms with Gasteiger partial charge in [-0.2, -0.15) is 0 Å². The first-order valence-electron chi connectivity index (χ1n) is 6.46. The molecule has 5 nitrogen and oxygen atoms in total. The molecule has 1 saturated carbocycles. The van der Waals surface area contributed by atoms with Crippen LogP contribution in [-0.4, -0.2) is 35.6 Å². The summed E-state index contributed by atoms with van der Waals surface area (Å²) in [5, 5.41) is 0. The number of hydrogen-bond acceptors (Lipinski definition) is 3. The number of rotatable bonds is 2. The summed E-state index contributed by atoms with van der Waals surface area (Å²) < 4.78 is 5.32. The molecule has 1 rings (SSSR count). The van der Waals surface area contributed by atoms with E-state index in [1.54, 1.807) is 11.9 Å². The van der Waals surface area contributed by atoms with E-state index in [0.717, 1.165) is 25.7 Å². The Morgan fingerprint density at radius 3 is 2.06 bits per heavy atom. The predicted octanol–water partition coefficient (Wildman–Crippen LogP) is 1.90. The van der Waals surface area contributed by atoms with Crippen LogP contribution < -0.4 is 5.73 Å². The number of amides is 2. The Bertz CT molecular complexity index is 315. The van der Waals surface area contributed by atoms with Crippen molar-refractivity contribution in [3.8, 4) is 0 Å². The minimum atomic E-state index is -0.476.